The number of aromatic nitrogens is 5. The second kappa shape index (κ2) is 8.39. The molecule has 0 radical (unpaired) electrons. The van der Waals surface area contributed by atoms with Crippen LogP contribution < -0.4 is 10.2 Å². The molecule has 5 rings (SSSR count). The normalized spacial score (nSPS) is 21.2. The number of tetrazole rings is 1. The number of nitrogens with one attached hydrogen (secondary N) is 2. The van der Waals surface area contributed by atoms with Gasteiger partial charge in [0, 0.05) is 25.7 Å². The van der Waals surface area contributed by atoms with Crippen molar-refractivity contribution in [3.8, 4) is 0 Å². The summed E-state index contributed by atoms with van der Waals surface area (Å²) in [5.74, 6) is 0.594. The molecule has 0 bridgehead atoms. The van der Waals surface area contributed by atoms with E-state index in [4.69, 9.17) is 4.42 Å². The molecule has 1 aromatic carbocycles. The quantitative estimate of drug-likeness (QED) is 0.647. The SMILES string of the molecule is O=C(NCc1nn[nH]n1)C1CCCN(C2CCN(c3nc4ccccc4o3)CC2)C1. The van der Waals surface area contributed by atoms with E-state index in [9.17, 15) is 4.79 Å². The summed E-state index contributed by atoms with van der Waals surface area (Å²) in [7, 11) is 0. The van der Waals surface area contributed by atoms with Crippen molar-refractivity contribution in [3.63, 3.8) is 0 Å². The lowest BCUT2D eigenvalue weighted by Crippen LogP contribution is -2.50. The van der Waals surface area contributed by atoms with E-state index in [0.717, 1.165) is 63.0 Å². The van der Waals surface area contributed by atoms with Gasteiger partial charge in [-0.3, -0.25) is 9.69 Å². The summed E-state index contributed by atoms with van der Waals surface area (Å²) >= 11 is 0. The molecule has 10 nitrogen and oxygen atoms in total. The molecule has 1 atom stereocenters. The maximum atomic E-state index is 12.6. The predicted molar refractivity (Wildman–Crippen MR) is 110 cm³/mol. The highest BCUT2D eigenvalue weighted by atomic mass is 16.4. The molecule has 0 spiro atoms. The number of piperidine rings is 2. The van der Waals surface area contributed by atoms with Crippen LogP contribution in [0.3, 0.4) is 0 Å². The van der Waals surface area contributed by atoms with Crippen LogP contribution in [0.15, 0.2) is 28.7 Å². The van der Waals surface area contributed by atoms with Gasteiger partial charge in [0.1, 0.15) is 5.52 Å². The number of rotatable bonds is 5. The molecule has 2 saturated heterocycles. The fraction of sp³-hybridized carbons (Fsp3) is 0.550. The van der Waals surface area contributed by atoms with E-state index >= 15 is 0 Å². The monoisotopic (exact) mass is 410 g/mol. The molecule has 0 aliphatic carbocycles. The van der Waals surface area contributed by atoms with Gasteiger partial charge in [-0.1, -0.05) is 17.3 Å². The summed E-state index contributed by atoms with van der Waals surface area (Å²) < 4.78 is 5.93. The number of carbonyl (C=O) groups is 1. The van der Waals surface area contributed by atoms with E-state index in [2.05, 4.69) is 40.7 Å². The Hall–Kier alpha value is -3.01. The van der Waals surface area contributed by atoms with Crippen molar-refractivity contribution in [3.05, 3.63) is 30.1 Å². The van der Waals surface area contributed by atoms with Crippen LogP contribution in [0.25, 0.3) is 11.1 Å². The summed E-state index contributed by atoms with van der Waals surface area (Å²) in [6, 6.07) is 9.09. The van der Waals surface area contributed by atoms with E-state index in [1.165, 1.54) is 0 Å². The topological polar surface area (TPSA) is 116 Å². The Balaban J connectivity index is 1.14. The molecular formula is C20H26N8O2. The largest absolute Gasteiger partial charge is 0.423 e. The zero-order valence-electron chi connectivity index (χ0n) is 16.8. The number of nitrogens with zero attached hydrogens (tertiary/aromatic N) is 6. The zero-order valence-corrected chi connectivity index (χ0v) is 16.8. The van der Waals surface area contributed by atoms with Gasteiger partial charge in [0.25, 0.3) is 6.01 Å². The first-order chi connectivity index (χ1) is 14.8. The van der Waals surface area contributed by atoms with Gasteiger partial charge in [-0.05, 0) is 44.4 Å². The molecule has 2 aliphatic heterocycles. The Morgan fingerprint density at radius 1 is 1.20 bits per heavy atom. The lowest BCUT2D eigenvalue weighted by Gasteiger charge is -2.41. The van der Waals surface area contributed by atoms with E-state index in [1.807, 2.05) is 24.3 Å². The van der Waals surface area contributed by atoms with Gasteiger partial charge in [-0.2, -0.15) is 10.2 Å². The first kappa shape index (κ1) is 19.0. The second-order valence-electron chi connectivity index (χ2n) is 8.06. The van der Waals surface area contributed by atoms with Gasteiger partial charge in [0.2, 0.25) is 5.91 Å². The van der Waals surface area contributed by atoms with E-state index < -0.39 is 0 Å². The predicted octanol–water partition coefficient (Wildman–Crippen LogP) is 1.34. The van der Waals surface area contributed by atoms with Crippen LogP contribution in [0.4, 0.5) is 6.01 Å². The third-order valence-electron chi connectivity index (χ3n) is 6.17. The zero-order chi connectivity index (χ0) is 20.3. The summed E-state index contributed by atoms with van der Waals surface area (Å²) in [6.07, 6.45) is 4.08. The average molecular weight is 410 g/mol. The molecule has 3 aromatic rings. The lowest BCUT2D eigenvalue weighted by molar-refractivity contribution is -0.127. The van der Waals surface area contributed by atoms with Crippen molar-refractivity contribution in [2.75, 3.05) is 31.1 Å². The number of aromatic amines is 1. The first-order valence-corrected chi connectivity index (χ1v) is 10.6. The van der Waals surface area contributed by atoms with Crippen LogP contribution in [0.5, 0.6) is 0 Å². The maximum Gasteiger partial charge on any atom is 0.298 e. The molecule has 10 heteroatoms. The fourth-order valence-corrected chi connectivity index (χ4v) is 4.54. The number of carbonyl (C=O) groups excluding carboxylic acids is 1. The Morgan fingerprint density at radius 2 is 2.07 bits per heavy atom. The number of likely N-dealkylation sites (tertiary alicyclic amines) is 1. The molecule has 1 amide bonds. The standard InChI is InChI=1S/C20H26N8O2/c29-19(21-12-18-23-25-26-24-18)14-4-3-9-28(13-14)15-7-10-27(11-8-15)20-22-16-5-1-2-6-17(16)30-20/h1-2,5-6,14-15H,3-4,7-13H2,(H,21,29)(H,23,24,25,26). The van der Waals surface area contributed by atoms with E-state index in [-0.39, 0.29) is 11.8 Å². The lowest BCUT2D eigenvalue weighted by atomic mass is 9.93. The molecule has 1 unspecified atom stereocenters. The average Bonchev–Trinajstić information content (AvgIpc) is 3.47. The Labute approximate surface area is 174 Å². The van der Waals surface area contributed by atoms with Gasteiger partial charge >= 0.3 is 0 Å². The van der Waals surface area contributed by atoms with Gasteiger partial charge < -0.3 is 14.6 Å². The Bertz CT molecular complexity index is 947. The molecule has 30 heavy (non-hydrogen) atoms. The smallest absolute Gasteiger partial charge is 0.298 e. The molecule has 2 fully saturated rings. The van der Waals surface area contributed by atoms with Gasteiger partial charge in [0.15, 0.2) is 11.4 Å². The molecular weight excluding hydrogens is 384 g/mol. The van der Waals surface area contributed by atoms with Crippen molar-refractivity contribution < 1.29 is 9.21 Å². The Morgan fingerprint density at radius 3 is 2.87 bits per heavy atom. The fourth-order valence-electron chi connectivity index (χ4n) is 4.54. The molecule has 2 aliphatic rings. The summed E-state index contributed by atoms with van der Waals surface area (Å²) in [5.41, 5.74) is 1.74. The highest BCUT2D eigenvalue weighted by molar-refractivity contribution is 5.78. The van der Waals surface area contributed by atoms with Crippen LogP contribution >= 0.6 is 0 Å². The molecule has 4 heterocycles. The number of fused-ring (bicyclic) bond motifs is 1. The minimum atomic E-state index is 0.0146. The van der Waals surface area contributed by atoms with Crippen molar-refractivity contribution in [1.29, 1.82) is 0 Å². The van der Waals surface area contributed by atoms with Crippen molar-refractivity contribution in [1.82, 2.24) is 35.8 Å². The number of hydrogen-bond donors (Lipinski definition) is 2. The number of amides is 1. The molecule has 0 saturated carbocycles. The van der Waals surface area contributed by atoms with Crippen molar-refractivity contribution in [2.45, 2.75) is 38.3 Å². The molecule has 2 N–H and O–H groups in total. The highest BCUT2D eigenvalue weighted by Gasteiger charge is 2.32. The number of hydrogen-bond acceptors (Lipinski definition) is 8. The maximum absolute atomic E-state index is 12.6. The highest BCUT2D eigenvalue weighted by Crippen LogP contribution is 2.28. The minimum Gasteiger partial charge on any atom is -0.423 e. The molecule has 2 aromatic heterocycles. The minimum absolute atomic E-state index is 0.0146. The van der Waals surface area contributed by atoms with Crippen LogP contribution in [0.1, 0.15) is 31.5 Å². The van der Waals surface area contributed by atoms with Crippen molar-refractivity contribution in [2.24, 2.45) is 5.92 Å². The number of para-hydroxylation sites is 2. The van der Waals surface area contributed by atoms with Crippen LogP contribution in [0, 0.1) is 5.92 Å². The summed E-state index contributed by atoms with van der Waals surface area (Å²) in [4.78, 5) is 21.9. The number of H-pyrrole nitrogens is 1. The first-order valence-electron chi connectivity index (χ1n) is 10.6. The van der Waals surface area contributed by atoms with Crippen LogP contribution in [-0.2, 0) is 11.3 Å². The van der Waals surface area contributed by atoms with E-state index in [0.29, 0.717) is 24.4 Å². The summed E-state index contributed by atoms with van der Waals surface area (Å²) in [5, 5.41) is 16.6. The molecule has 158 valence electrons. The Kier molecular flexibility index (Phi) is 5.31. The third-order valence-corrected chi connectivity index (χ3v) is 6.17. The number of anilines is 1. The second-order valence-corrected chi connectivity index (χ2v) is 8.06. The van der Waals surface area contributed by atoms with Crippen LogP contribution in [-0.4, -0.2) is 68.6 Å². The third kappa shape index (κ3) is 4.00. The number of oxazole rings is 1. The summed E-state index contributed by atoms with van der Waals surface area (Å²) in [6.45, 7) is 4.02. The number of benzene rings is 1. The van der Waals surface area contributed by atoms with Gasteiger partial charge in [0.05, 0.1) is 12.5 Å². The van der Waals surface area contributed by atoms with E-state index in [1.54, 1.807) is 0 Å². The van der Waals surface area contributed by atoms with Crippen molar-refractivity contribution >= 4 is 23.0 Å². The van der Waals surface area contributed by atoms with Crippen LogP contribution in [0.2, 0.25) is 0 Å². The van der Waals surface area contributed by atoms with Gasteiger partial charge in [-0.15, -0.1) is 10.2 Å². The van der Waals surface area contributed by atoms with Gasteiger partial charge in [-0.25, -0.2) is 0 Å².